The summed E-state index contributed by atoms with van der Waals surface area (Å²) >= 11 is 2.08. The maximum absolute atomic E-state index is 3.64. The first kappa shape index (κ1) is 9.40. The molecule has 0 saturated carbocycles. The average molecular weight is 173 g/mol. The van der Waals surface area contributed by atoms with Crippen LogP contribution in [0, 0.1) is 5.41 Å². The van der Waals surface area contributed by atoms with Gasteiger partial charge in [0.15, 0.2) is 0 Å². The van der Waals surface area contributed by atoms with Crippen LogP contribution in [0.25, 0.3) is 0 Å². The number of hydrogen-bond donors (Lipinski definition) is 1. The van der Waals surface area contributed by atoms with Crippen LogP contribution in [0.1, 0.15) is 27.7 Å². The van der Waals surface area contributed by atoms with E-state index in [1.165, 1.54) is 11.5 Å². The summed E-state index contributed by atoms with van der Waals surface area (Å²) in [6.07, 6.45) is 0. The number of nitrogens with one attached hydrogen (secondary N) is 1. The second-order valence-corrected chi connectivity index (χ2v) is 5.60. The molecule has 2 heteroatoms. The normalized spacial score (nSPS) is 33.8. The van der Waals surface area contributed by atoms with Crippen LogP contribution in [0.15, 0.2) is 0 Å². The molecule has 1 rings (SSSR count). The third-order valence-electron chi connectivity index (χ3n) is 2.18. The molecule has 0 radical (unpaired) electrons. The van der Waals surface area contributed by atoms with Gasteiger partial charge in [0.2, 0.25) is 0 Å². The molecule has 0 amide bonds. The van der Waals surface area contributed by atoms with Gasteiger partial charge >= 0.3 is 0 Å². The fourth-order valence-corrected chi connectivity index (χ4v) is 2.72. The minimum absolute atomic E-state index is 0.418. The molecule has 0 aromatic rings. The molecule has 0 bridgehead atoms. The monoisotopic (exact) mass is 173 g/mol. The third-order valence-corrected chi connectivity index (χ3v) is 3.49. The lowest BCUT2D eigenvalue weighted by Crippen LogP contribution is -2.50. The Labute approximate surface area is 74.3 Å². The first-order valence-electron chi connectivity index (χ1n) is 4.34. The second-order valence-electron chi connectivity index (χ2n) is 4.52. The van der Waals surface area contributed by atoms with Crippen molar-refractivity contribution in [3.63, 3.8) is 0 Å². The topological polar surface area (TPSA) is 12.0 Å². The van der Waals surface area contributed by atoms with Crippen molar-refractivity contribution in [2.45, 2.75) is 39.8 Å². The van der Waals surface area contributed by atoms with Crippen molar-refractivity contribution in [1.82, 2.24) is 5.32 Å². The van der Waals surface area contributed by atoms with Gasteiger partial charge < -0.3 is 5.32 Å². The Morgan fingerprint density at radius 1 is 1.27 bits per heavy atom. The van der Waals surface area contributed by atoms with E-state index in [1.54, 1.807) is 0 Å². The van der Waals surface area contributed by atoms with Crippen LogP contribution in [0.2, 0.25) is 0 Å². The zero-order valence-corrected chi connectivity index (χ0v) is 8.79. The van der Waals surface area contributed by atoms with Crippen molar-refractivity contribution in [3.8, 4) is 0 Å². The summed E-state index contributed by atoms with van der Waals surface area (Å²) in [4.78, 5) is 0. The highest BCUT2D eigenvalue weighted by Crippen LogP contribution is 2.26. The molecule has 1 N–H and O–H groups in total. The van der Waals surface area contributed by atoms with Gasteiger partial charge in [0, 0.05) is 23.6 Å². The Hall–Kier alpha value is 0.310. The third kappa shape index (κ3) is 2.68. The Morgan fingerprint density at radius 2 is 1.91 bits per heavy atom. The van der Waals surface area contributed by atoms with Crippen LogP contribution >= 0.6 is 11.8 Å². The first-order valence-corrected chi connectivity index (χ1v) is 5.49. The van der Waals surface area contributed by atoms with Gasteiger partial charge in [-0.25, -0.2) is 0 Å². The summed E-state index contributed by atoms with van der Waals surface area (Å²) in [6.45, 7) is 9.20. The fourth-order valence-electron chi connectivity index (χ4n) is 1.30. The Balaban J connectivity index is 2.46. The van der Waals surface area contributed by atoms with E-state index in [2.05, 4.69) is 44.8 Å². The van der Waals surface area contributed by atoms with Crippen LogP contribution in [0.4, 0.5) is 0 Å². The van der Waals surface area contributed by atoms with E-state index in [4.69, 9.17) is 0 Å². The molecule has 2 unspecified atom stereocenters. The molecule has 1 aliphatic heterocycles. The summed E-state index contributed by atoms with van der Waals surface area (Å²) in [5, 5.41) is 3.64. The van der Waals surface area contributed by atoms with Gasteiger partial charge in [0.1, 0.15) is 0 Å². The molecule has 0 aromatic heterocycles. The van der Waals surface area contributed by atoms with Gasteiger partial charge in [0.05, 0.1) is 0 Å². The highest BCUT2D eigenvalue weighted by Gasteiger charge is 2.28. The molecule has 66 valence electrons. The van der Waals surface area contributed by atoms with Gasteiger partial charge in [-0.15, -0.1) is 0 Å². The number of rotatable bonds is 0. The minimum atomic E-state index is 0.418. The Bertz CT molecular complexity index is 128. The lowest BCUT2D eigenvalue weighted by molar-refractivity contribution is 0.272. The molecule has 1 fully saturated rings. The standard InChI is InChI=1S/C9H19NS/c1-7-5-11-6-8(10-7)9(2,3)4/h7-8,10H,5-6H2,1-4H3. The Kier molecular flexibility index (Phi) is 2.87. The summed E-state index contributed by atoms with van der Waals surface area (Å²) in [7, 11) is 0. The summed E-state index contributed by atoms with van der Waals surface area (Å²) < 4.78 is 0. The molecule has 0 aliphatic carbocycles. The first-order chi connectivity index (χ1) is 5.00. The van der Waals surface area contributed by atoms with Crippen molar-refractivity contribution >= 4 is 11.8 Å². The van der Waals surface area contributed by atoms with Gasteiger partial charge in [-0.3, -0.25) is 0 Å². The van der Waals surface area contributed by atoms with E-state index in [1.807, 2.05) is 0 Å². The van der Waals surface area contributed by atoms with Crippen molar-refractivity contribution in [3.05, 3.63) is 0 Å². The zero-order valence-electron chi connectivity index (χ0n) is 7.98. The summed E-state index contributed by atoms with van der Waals surface area (Å²) in [5.41, 5.74) is 0.418. The van der Waals surface area contributed by atoms with Gasteiger partial charge in [-0.1, -0.05) is 20.8 Å². The van der Waals surface area contributed by atoms with E-state index in [-0.39, 0.29) is 0 Å². The number of thioether (sulfide) groups is 1. The minimum Gasteiger partial charge on any atom is -0.309 e. The van der Waals surface area contributed by atoms with Crippen molar-refractivity contribution in [2.24, 2.45) is 5.41 Å². The molecular formula is C9H19NS. The highest BCUT2D eigenvalue weighted by molar-refractivity contribution is 7.99. The van der Waals surface area contributed by atoms with Crippen LogP contribution < -0.4 is 5.32 Å². The van der Waals surface area contributed by atoms with Crippen LogP contribution in [0.3, 0.4) is 0 Å². The second kappa shape index (κ2) is 3.36. The molecule has 2 atom stereocenters. The van der Waals surface area contributed by atoms with Crippen molar-refractivity contribution in [2.75, 3.05) is 11.5 Å². The quantitative estimate of drug-likeness (QED) is 0.602. The maximum Gasteiger partial charge on any atom is 0.0209 e. The molecular weight excluding hydrogens is 154 g/mol. The van der Waals surface area contributed by atoms with Crippen LogP contribution in [-0.4, -0.2) is 23.6 Å². The largest absolute Gasteiger partial charge is 0.309 e. The van der Waals surface area contributed by atoms with Crippen LogP contribution in [-0.2, 0) is 0 Å². The molecule has 0 aromatic carbocycles. The van der Waals surface area contributed by atoms with E-state index in [0.717, 1.165) is 0 Å². The van der Waals surface area contributed by atoms with Crippen LogP contribution in [0.5, 0.6) is 0 Å². The average Bonchev–Trinajstić information content (AvgIpc) is 1.86. The molecule has 1 nitrogen and oxygen atoms in total. The van der Waals surface area contributed by atoms with E-state index >= 15 is 0 Å². The highest BCUT2D eigenvalue weighted by atomic mass is 32.2. The predicted molar refractivity (Wildman–Crippen MR) is 53.2 cm³/mol. The van der Waals surface area contributed by atoms with E-state index in [9.17, 15) is 0 Å². The molecule has 11 heavy (non-hydrogen) atoms. The SMILES string of the molecule is CC1CSCC(C(C)(C)C)N1. The zero-order chi connectivity index (χ0) is 8.48. The van der Waals surface area contributed by atoms with Crippen molar-refractivity contribution < 1.29 is 0 Å². The molecule has 1 saturated heterocycles. The lowest BCUT2D eigenvalue weighted by Gasteiger charge is -2.37. The fraction of sp³-hybridized carbons (Fsp3) is 1.00. The molecule has 1 heterocycles. The molecule has 0 spiro atoms. The molecule has 1 aliphatic rings. The maximum atomic E-state index is 3.64. The predicted octanol–water partition coefficient (Wildman–Crippen LogP) is 2.13. The lowest BCUT2D eigenvalue weighted by atomic mass is 9.87. The van der Waals surface area contributed by atoms with Gasteiger partial charge in [-0.2, -0.15) is 11.8 Å². The van der Waals surface area contributed by atoms with E-state index < -0.39 is 0 Å². The smallest absolute Gasteiger partial charge is 0.0209 e. The van der Waals surface area contributed by atoms with Crippen molar-refractivity contribution in [1.29, 1.82) is 0 Å². The van der Waals surface area contributed by atoms with Gasteiger partial charge in [-0.05, 0) is 12.3 Å². The summed E-state index contributed by atoms with van der Waals surface area (Å²) in [6, 6.07) is 1.38. The van der Waals surface area contributed by atoms with E-state index in [0.29, 0.717) is 17.5 Å². The van der Waals surface area contributed by atoms with Gasteiger partial charge in [0.25, 0.3) is 0 Å². The Morgan fingerprint density at radius 3 is 2.27 bits per heavy atom. The number of hydrogen-bond acceptors (Lipinski definition) is 2. The summed E-state index contributed by atoms with van der Waals surface area (Å²) in [5.74, 6) is 2.54.